The lowest BCUT2D eigenvalue weighted by atomic mass is 10.1. The van der Waals surface area contributed by atoms with Crippen LogP contribution in [0.3, 0.4) is 0 Å². The van der Waals surface area contributed by atoms with Crippen LogP contribution < -0.4 is 5.48 Å². The van der Waals surface area contributed by atoms with E-state index in [1.54, 1.807) is 27.7 Å². The minimum atomic E-state index is -0.613. The Balaban J connectivity index is 2.27. The molecule has 0 saturated heterocycles. The van der Waals surface area contributed by atoms with Crippen LogP contribution in [-0.2, 0) is 32.1 Å². The third-order valence-electron chi connectivity index (χ3n) is 2.97. The van der Waals surface area contributed by atoms with Gasteiger partial charge in [0, 0.05) is 6.42 Å². The maximum atomic E-state index is 11.4. The van der Waals surface area contributed by atoms with Gasteiger partial charge in [-0.3, -0.25) is 9.63 Å². The Bertz CT molecular complexity index is 519. The highest BCUT2D eigenvalue weighted by Crippen LogP contribution is 2.10. The van der Waals surface area contributed by atoms with E-state index in [0.717, 1.165) is 24.0 Å². The molecule has 6 heteroatoms. The number of hydroxylamine groups is 1. The molecular formula is C18H27NO5. The van der Waals surface area contributed by atoms with E-state index in [4.69, 9.17) is 14.3 Å². The first-order chi connectivity index (χ1) is 11.3. The van der Waals surface area contributed by atoms with Crippen LogP contribution in [0.25, 0.3) is 0 Å². The molecular weight excluding hydrogens is 310 g/mol. The lowest BCUT2D eigenvalue weighted by molar-refractivity contribution is -0.143. The van der Waals surface area contributed by atoms with Gasteiger partial charge in [0.05, 0.1) is 13.2 Å². The number of benzene rings is 1. The fourth-order valence-corrected chi connectivity index (χ4v) is 1.95. The van der Waals surface area contributed by atoms with Gasteiger partial charge < -0.3 is 9.47 Å². The number of carbonyl (C=O) groups excluding carboxylic acids is 2. The number of hydrogen-bond acceptors (Lipinski definition) is 5. The average molecular weight is 337 g/mol. The van der Waals surface area contributed by atoms with Crippen LogP contribution in [0, 0.1) is 0 Å². The van der Waals surface area contributed by atoms with Crippen molar-refractivity contribution in [3.05, 3.63) is 35.4 Å². The summed E-state index contributed by atoms with van der Waals surface area (Å²) in [5, 5.41) is 0. The zero-order valence-electron chi connectivity index (χ0n) is 14.9. The maximum Gasteiger partial charge on any atom is 0.431 e. The van der Waals surface area contributed by atoms with Crippen molar-refractivity contribution in [2.45, 2.75) is 59.2 Å². The molecule has 1 N–H and O–H groups in total. The number of hydrogen-bond donors (Lipinski definition) is 1. The molecule has 0 saturated carbocycles. The van der Waals surface area contributed by atoms with Crippen molar-refractivity contribution in [1.82, 2.24) is 5.48 Å². The summed E-state index contributed by atoms with van der Waals surface area (Å²) < 4.78 is 9.96. The van der Waals surface area contributed by atoms with Crippen molar-refractivity contribution >= 4 is 12.1 Å². The Morgan fingerprint density at radius 3 is 2.29 bits per heavy atom. The van der Waals surface area contributed by atoms with E-state index < -0.39 is 11.7 Å². The molecule has 0 fully saturated rings. The van der Waals surface area contributed by atoms with Crippen LogP contribution in [0.5, 0.6) is 0 Å². The number of carbonyl (C=O) groups is 2. The molecule has 0 unspecified atom stereocenters. The quantitative estimate of drug-likeness (QED) is 0.580. The zero-order chi connectivity index (χ0) is 18.0. The number of aryl methyl sites for hydroxylation is 1. The van der Waals surface area contributed by atoms with Crippen LogP contribution in [-0.4, -0.2) is 24.3 Å². The second-order valence-electron chi connectivity index (χ2n) is 6.37. The van der Waals surface area contributed by atoms with Crippen molar-refractivity contribution in [3.63, 3.8) is 0 Å². The summed E-state index contributed by atoms with van der Waals surface area (Å²) in [6.45, 7) is 7.83. The molecule has 1 aromatic carbocycles. The molecule has 0 heterocycles. The predicted molar refractivity (Wildman–Crippen MR) is 90.2 cm³/mol. The van der Waals surface area contributed by atoms with Crippen molar-refractivity contribution in [2.24, 2.45) is 0 Å². The van der Waals surface area contributed by atoms with Crippen molar-refractivity contribution in [1.29, 1.82) is 0 Å². The molecule has 0 spiro atoms. The molecule has 0 bridgehead atoms. The number of nitrogens with one attached hydrogen (secondary N) is 1. The van der Waals surface area contributed by atoms with E-state index >= 15 is 0 Å². The van der Waals surface area contributed by atoms with E-state index in [0.29, 0.717) is 13.0 Å². The Morgan fingerprint density at radius 1 is 1.08 bits per heavy atom. The molecule has 0 aliphatic rings. The summed E-state index contributed by atoms with van der Waals surface area (Å²) >= 11 is 0. The number of amides is 1. The number of esters is 1. The van der Waals surface area contributed by atoms with E-state index in [9.17, 15) is 9.59 Å². The van der Waals surface area contributed by atoms with Crippen molar-refractivity contribution in [2.75, 3.05) is 6.61 Å². The standard InChI is InChI=1S/C18H27NO5/c1-5-22-16(20)8-6-7-14-9-11-15(12-10-14)13-23-19-17(21)24-18(2,3)4/h9-12H,5-8,13H2,1-4H3,(H,19,21). The summed E-state index contributed by atoms with van der Waals surface area (Å²) in [4.78, 5) is 27.8. The average Bonchev–Trinajstić information content (AvgIpc) is 2.47. The van der Waals surface area contributed by atoms with Crippen LogP contribution in [0.15, 0.2) is 24.3 Å². The first-order valence-electron chi connectivity index (χ1n) is 8.14. The molecule has 1 amide bonds. The van der Waals surface area contributed by atoms with Gasteiger partial charge in [-0.05, 0) is 51.7 Å². The van der Waals surface area contributed by atoms with Gasteiger partial charge in [-0.1, -0.05) is 24.3 Å². The van der Waals surface area contributed by atoms with Gasteiger partial charge in [0.2, 0.25) is 0 Å². The first-order valence-corrected chi connectivity index (χ1v) is 8.14. The van der Waals surface area contributed by atoms with Gasteiger partial charge >= 0.3 is 12.1 Å². The normalized spacial score (nSPS) is 11.0. The lowest BCUT2D eigenvalue weighted by Gasteiger charge is -2.19. The summed E-state index contributed by atoms with van der Waals surface area (Å²) in [5.41, 5.74) is 3.76. The second-order valence-corrected chi connectivity index (χ2v) is 6.37. The number of ether oxygens (including phenoxy) is 2. The molecule has 0 aromatic heterocycles. The highest BCUT2D eigenvalue weighted by Gasteiger charge is 2.15. The fourth-order valence-electron chi connectivity index (χ4n) is 1.95. The fraction of sp³-hybridized carbons (Fsp3) is 0.556. The Labute approximate surface area is 143 Å². The van der Waals surface area contributed by atoms with Crippen molar-refractivity contribution < 1.29 is 23.9 Å². The number of rotatable bonds is 8. The van der Waals surface area contributed by atoms with E-state index in [1.165, 1.54) is 0 Å². The highest BCUT2D eigenvalue weighted by atomic mass is 16.7. The predicted octanol–water partition coefficient (Wildman–Crippen LogP) is 3.53. The van der Waals surface area contributed by atoms with Gasteiger partial charge in [0.1, 0.15) is 5.60 Å². The molecule has 0 atom stereocenters. The van der Waals surface area contributed by atoms with E-state index in [1.807, 2.05) is 24.3 Å². The van der Waals surface area contributed by atoms with Crippen LogP contribution in [0.1, 0.15) is 51.7 Å². The molecule has 1 aromatic rings. The molecule has 0 aliphatic carbocycles. The van der Waals surface area contributed by atoms with Gasteiger partial charge in [-0.15, -0.1) is 0 Å². The topological polar surface area (TPSA) is 73.9 Å². The summed E-state index contributed by atoms with van der Waals surface area (Å²) in [7, 11) is 0. The maximum absolute atomic E-state index is 11.4. The Hall–Kier alpha value is -2.08. The largest absolute Gasteiger partial charge is 0.466 e. The van der Waals surface area contributed by atoms with Crippen LogP contribution in [0.4, 0.5) is 4.79 Å². The first kappa shape index (κ1) is 20.0. The minimum Gasteiger partial charge on any atom is -0.466 e. The van der Waals surface area contributed by atoms with Gasteiger partial charge in [0.25, 0.3) is 0 Å². The third-order valence-corrected chi connectivity index (χ3v) is 2.97. The van der Waals surface area contributed by atoms with Gasteiger partial charge in [0.15, 0.2) is 0 Å². The summed E-state index contributed by atoms with van der Waals surface area (Å²) in [5.74, 6) is -0.157. The third kappa shape index (κ3) is 9.15. The van der Waals surface area contributed by atoms with Gasteiger partial charge in [-0.25, -0.2) is 4.79 Å². The Kier molecular flexibility index (Phi) is 8.26. The molecule has 1 rings (SSSR count). The van der Waals surface area contributed by atoms with Crippen LogP contribution >= 0.6 is 0 Å². The van der Waals surface area contributed by atoms with Crippen molar-refractivity contribution in [3.8, 4) is 0 Å². The molecule has 0 radical (unpaired) electrons. The van der Waals surface area contributed by atoms with E-state index in [2.05, 4.69) is 5.48 Å². The lowest BCUT2D eigenvalue weighted by Crippen LogP contribution is -2.32. The Morgan fingerprint density at radius 2 is 1.71 bits per heavy atom. The summed E-state index contributed by atoms with van der Waals surface area (Å²) in [6.07, 6.45) is 1.39. The van der Waals surface area contributed by atoms with Crippen LogP contribution in [0.2, 0.25) is 0 Å². The molecule has 134 valence electrons. The van der Waals surface area contributed by atoms with Gasteiger partial charge in [-0.2, -0.15) is 5.48 Å². The highest BCUT2D eigenvalue weighted by molar-refractivity contribution is 5.69. The minimum absolute atomic E-state index is 0.157. The molecule has 24 heavy (non-hydrogen) atoms. The summed E-state index contributed by atoms with van der Waals surface area (Å²) in [6, 6.07) is 7.82. The SMILES string of the molecule is CCOC(=O)CCCc1ccc(CONC(=O)OC(C)(C)C)cc1. The smallest absolute Gasteiger partial charge is 0.431 e. The molecule has 0 aliphatic heterocycles. The zero-order valence-corrected chi connectivity index (χ0v) is 14.9. The van der Waals surface area contributed by atoms with E-state index in [-0.39, 0.29) is 12.6 Å². The monoisotopic (exact) mass is 337 g/mol. The second kappa shape index (κ2) is 9.93. The molecule has 6 nitrogen and oxygen atoms in total.